The molecule has 0 aliphatic heterocycles. The van der Waals surface area contributed by atoms with Crippen LogP contribution in [-0.4, -0.2) is 19.2 Å². The number of anilines is 1. The first-order valence-electron chi connectivity index (χ1n) is 7.05. The topological polar surface area (TPSA) is 50.4 Å². The van der Waals surface area contributed by atoms with E-state index in [0.29, 0.717) is 13.2 Å². The highest BCUT2D eigenvalue weighted by Gasteiger charge is 2.04. The van der Waals surface area contributed by atoms with Crippen molar-refractivity contribution >= 4 is 23.3 Å². The van der Waals surface area contributed by atoms with E-state index in [9.17, 15) is 4.79 Å². The van der Waals surface area contributed by atoms with Gasteiger partial charge in [-0.05, 0) is 49.2 Å². The van der Waals surface area contributed by atoms with Gasteiger partial charge in [-0.25, -0.2) is 4.79 Å². The number of para-hydroxylation sites is 1. The zero-order chi connectivity index (χ0) is 15.9. The highest BCUT2D eigenvalue weighted by molar-refractivity contribution is 6.32. The third-order valence-electron chi connectivity index (χ3n) is 3.10. The number of aryl methyl sites for hydroxylation is 2. The average Bonchev–Trinajstić information content (AvgIpc) is 2.50. The summed E-state index contributed by atoms with van der Waals surface area (Å²) in [6.45, 7) is 4.68. The molecule has 0 aliphatic rings. The molecule has 0 radical (unpaired) electrons. The first-order chi connectivity index (χ1) is 10.6. The number of carbonyl (C=O) groups is 1. The number of urea groups is 1. The summed E-state index contributed by atoms with van der Waals surface area (Å²) in [7, 11) is 0. The van der Waals surface area contributed by atoms with Gasteiger partial charge in [-0.3, -0.25) is 0 Å². The molecule has 2 rings (SSSR count). The zero-order valence-corrected chi connectivity index (χ0v) is 13.4. The molecule has 2 aromatic carbocycles. The van der Waals surface area contributed by atoms with Crippen molar-refractivity contribution in [2.24, 2.45) is 0 Å². The van der Waals surface area contributed by atoms with Crippen molar-refractivity contribution in [2.75, 3.05) is 18.5 Å². The smallest absolute Gasteiger partial charge is 0.319 e. The molecule has 2 N–H and O–H groups in total. The molecule has 0 fully saturated rings. The van der Waals surface area contributed by atoms with Crippen LogP contribution in [0.1, 0.15) is 11.1 Å². The molecule has 2 aromatic rings. The number of ether oxygens (including phenoxy) is 1. The van der Waals surface area contributed by atoms with Crippen molar-refractivity contribution in [2.45, 2.75) is 13.8 Å². The highest BCUT2D eigenvalue weighted by atomic mass is 35.5. The summed E-state index contributed by atoms with van der Waals surface area (Å²) in [5.41, 5.74) is 2.71. The number of hydrogen-bond acceptors (Lipinski definition) is 2. The number of carbonyl (C=O) groups excluding carboxylic acids is 1. The lowest BCUT2D eigenvalue weighted by Crippen LogP contribution is -2.32. The number of benzene rings is 2. The molecule has 0 bridgehead atoms. The van der Waals surface area contributed by atoms with Crippen molar-refractivity contribution in [1.82, 2.24) is 5.32 Å². The monoisotopic (exact) mass is 318 g/mol. The first-order valence-corrected chi connectivity index (χ1v) is 7.43. The molecule has 5 heteroatoms. The van der Waals surface area contributed by atoms with Gasteiger partial charge in [-0.1, -0.05) is 29.8 Å². The van der Waals surface area contributed by atoms with Gasteiger partial charge in [0.1, 0.15) is 12.4 Å². The van der Waals surface area contributed by atoms with E-state index in [2.05, 4.69) is 10.6 Å². The van der Waals surface area contributed by atoms with Crippen LogP contribution in [0.4, 0.5) is 10.5 Å². The van der Waals surface area contributed by atoms with Crippen LogP contribution in [-0.2, 0) is 0 Å². The summed E-state index contributed by atoms with van der Waals surface area (Å²) < 4.78 is 5.62. The van der Waals surface area contributed by atoms with Crippen LogP contribution in [0.25, 0.3) is 0 Å². The quantitative estimate of drug-likeness (QED) is 0.813. The number of amides is 2. The molecule has 0 heterocycles. The molecule has 0 spiro atoms. The summed E-state index contributed by atoms with van der Waals surface area (Å²) in [4.78, 5) is 11.7. The Morgan fingerprint density at radius 2 is 1.77 bits per heavy atom. The Labute approximate surface area is 135 Å². The molecule has 2 amide bonds. The minimum atomic E-state index is -0.252. The van der Waals surface area contributed by atoms with Gasteiger partial charge in [0, 0.05) is 10.7 Å². The Kier molecular flexibility index (Phi) is 5.67. The molecular weight excluding hydrogens is 300 g/mol. The van der Waals surface area contributed by atoms with Crippen LogP contribution in [0, 0.1) is 13.8 Å². The molecular formula is C17H19ClN2O2. The van der Waals surface area contributed by atoms with E-state index in [-0.39, 0.29) is 6.03 Å². The molecule has 4 nitrogen and oxygen atoms in total. The van der Waals surface area contributed by atoms with E-state index >= 15 is 0 Å². The second kappa shape index (κ2) is 7.71. The number of rotatable bonds is 5. The summed E-state index contributed by atoms with van der Waals surface area (Å²) >= 11 is 6.11. The standard InChI is InChI=1S/C17H19ClN2O2/c1-12-10-15(11-13(2)16(12)18)22-9-8-19-17(21)20-14-6-4-3-5-7-14/h3-7,10-11H,8-9H2,1-2H3,(H2,19,20,21). The van der Waals surface area contributed by atoms with Gasteiger partial charge in [0.25, 0.3) is 0 Å². The lowest BCUT2D eigenvalue weighted by atomic mass is 10.1. The first kappa shape index (κ1) is 16.2. The van der Waals surface area contributed by atoms with E-state index in [0.717, 1.165) is 27.6 Å². The SMILES string of the molecule is Cc1cc(OCCNC(=O)Nc2ccccc2)cc(C)c1Cl. The lowest BCUT2D eigenvalue weighted by molar-refractivity contribution is 0.247. The van der Waals surface area contributed by atoms with Crippen LogP contribution in [0.3, 0.4) is 0 Å². The molecule has 0 aliphatic carbocycles. The molecule has 0 unspecified atom stereocenters. The van der Waals surface area contributed by atoms with Gasteiger partial charge >= 0.3 is 6.03 Å². The zero-order valence-electron chi connectivity index (χ0n) is 12.7. The molecule has 116 valence electrons. The third-order valence-corrected chi connectivity index (χ3v) is 3.69. The van der Waals surface area contributed by atoms with E-state index < -0.39 is 0 Å². The van der Waals surface area contributed by atoms with Gasteiger partial charge in [-0.15, -0.1) is 0 Å². The molecule has 0 atom stereocenters. The second-order valence-corrected chi connectivity index (χ2v) is 5.34. The number of nitrogens with one attached hydrogen (secondary N) is 2. The van der Waals surface area contributed by atoms with Gasteiger partial charge in [0.05, 0.1) is 6.54 Å². The third kappa shape index (κ3) is 4.67. The van der Waals surface area contributed by atoms with Crippen LogP contribution in [0.2, 0.25) is 5.02 Å². The fraction of sp³-hybridized carbons (Fsp3) is 0.235. The Morgan fingerprint density at radius 3 is 2.41 bits per heavy atom. The number of hydrogen-bond donors (Lipinski definition) is 2. The van der Waals surface area contributed by atoms with Gasteiger partial charge < -0.3 is 15.4 Å². The largest absolute Gasteiger partial charge is 0.492 e. The Hall–Kier alpha value is -2.20. The molecule has 0 saturated carbocycles. The maximum Gasteiger partial charge on any atom is 0.319 e. The van der Waals surface area contributed by atoms with Crippen molar-refractivity contribution in [3.63, 3.8) is 0 Å². The fourth-order valence-electron chi connectivity index (χ4n) is 2.02. The van der Waals surface area contributed by atoms with Crippen LogP contribution >= 0.6 is 11.6 Å². The predicted octanol–water partition coefficient (Wildman–Crippen LogP) is 4.16. The summed E-state index contributed by atoms with van der Waals surface area (Å²) in [6, 6.07) is 12.8. The van der Waals surface area contributed by atoms with Crippen LogP contribution in [0.5, 0.6) is 5.75 Å². The molecule has 0 aromatic heterocycles. The Bertz CT molecular complexity index is 621. The Balaban J connectivity index is 1.74. The van der Waals surface area contributed by atoms with Gasteiger partial charge in [-0.2, -0.15) is 0 Å². The molecule has 0 saturated heterocycles. The van der Waals surface area contributed by atoms with Crippen molar-refractivity contribution in [3.8, 4) is 5.75 Å². The van der Waals surface area contributed by atoms with E-state index in [4.69, 9.17) is 16.3 Å². The molecule has 22 heavy (non-hydrogen) atoms. The van der Waals surface area contributed by atoms with Gasteiger partial charge in [0.2, 0.25) is 0 Å². The maximum absolute atomic E-state index is 11.7. The van der Waals surface area contributed by atoms with Crippen LogP contribution in [0.15, 0.2) is 42.5 Å². The summed E-state index contributed by atoms with van der Waals surface area (Å²) in [5.74, 6) is 0.754. The Morgan fingerprint density at radius 1 is 1.14 bits per heavy atom. The van der Waals surface area contributed by atoms with Gasteiger partial charge in [0.15, 0.2) is 0 Å². The predicted molar refractivity (Wildman–Crippen MR) is 89.9 cm³/mol. The number of halogens is 1. The minimum Gasteiger partial charge on any atom is -0.492 e. The normalized spacial score (nSPS) is 10.1. The summed E-state index contributed by atoms with van der Waals surface area (Å²) in [5, 5.41) is 6.24. The van der Waals surface area contributed by atoms with Crippen LogP contribution < -0.4 is 15.4 Å². The summed E-state index contributed by atoms with van der Waals surface area (Å²) in [6.07, 6.45) is 0. The van der Waals surface area contributed by atoms with E-state index in [1.807, 2.05) is 56.3 Å². The van der Waals surface area contributed by atoms with Crippen molar-refractivity contribution in [1.29, 1.82) is 0 Å². The minimum absolute atomic E-state index is 0.252. The average molecular weight is 319 g/mol. The van der Waals surface area contributed by atoms with E-state index in [1.54, 1.807) is 0 Å². The van der Waals surface area contributed by atoms with Crippen molar-refractivity contribution < 1.29 is 9.53 Å². The van der Waals surface area contributed by atoms with E-state index in [1.165, 1.54) is 0 Å². The second-order valence-electron chi connectivity index (χ2n) is 4.97. The van der Waals surface area contributed by atoms with Crippen molar-refractivity contribution in [3.05, 3.63) is 58.6 Å². The fourth-order valence-corrected chi connectivity index (χ4v) is 2.13. The maximum atomic E-state index is 11.7. The highest BCUT2D eigenvalue weighted by Crippen LogP contribution is 2.25. The lowest BCUT2D eigenvalue weighted by Gasteiger charge is -2.11.